The second-order valence-electron chi connectivity index (χ2n) is 7.32. The molecule has 3 rings (SSSR count). The maximum Gasteiger partial charge on any atom is 0.307 e. The van der Waals surface area contributed by atoms with Crippen molar-refractivity contribution in [1.82, 2.24) is 10.9 Å². The monoisotopic (exact) mass is 372 g/mol. The summed E-state index contributed by atoms with van der Waals surface area (Å²) in [5.41, 5.74) is 6.89. The lowest BCUT2D eigenvalue weighted by molar-refractivity contribution is -0.148. The molecule has 0 heterocycles. The molecule has 2 aliphatic rings. The van der Waals surface area contributed by atoms with Gasteiger partial charge in [0, 0.05) is 0 Å². The van der Waals surface area contributed by atoms with Crippen molar-refractivity contribution in [3.63, 3.8) is 0 Å². The van der Waals surface area contributed by atoms with Gasteiger partial charge >= 0.3 is 5.97 Å². The molecule has 144 valence electrons. The van der Waals surface area contributed by atoms with Gasteiger partial charge < -0.3 is 9.84 Å². The molecule has 27 heavy (non-hydrogen) atoms. The quantitative estimate of drug-likeness (QED) is 0.539. The summed E-state index contributed by atoms with van der Waals surface area (Å²) < 4.78 is 5.61. The number of amides is 2. The number of hydrogen-bond donors (Lipinski definition) is 3. The Morgan fingerprint density at radius 1 is 1.07 bits per heavy atom. The van der Waals surface area contributed by atoms with Gasteiger partial charge in [0.25, 0.3) is 5.91 Å². The fraction of sp³-hybridized carbons (Fsp3) is 0.450. The first-order valence-corrected chi connectivity index (χ1v) is 9.02. The third kappa shape index (κ3) is 3.82. The second-order valence-corrected chi connectivity index (χ2v) is 7.32. The number of carboxylic acid groups (broad SMARTS) is 1. The summed E-state index contributed by atoms with van der Waals surface area (Å²) in [5, 5.41) is 9.41. The summed E-state index contributed by atoms with van der Waals surface area (Å²) >= 11 is 0. The summed E-state index contributed by atoms with van der Waals surface area (Å²) in [7, 11) is 0. The van der Waals surface area contributed by atoms with Crippen molar-refractivity contribution >= 4 is 17.8 Å². The summed E-state index contributed by atoms with van der Waals surface area (Å²) in [6.07, 6.45) is 3.60. The molecule has 1 fully saturated rings. The van der Waals surface area contributed by atoms with Gasteiger partial charge in [-0.25, -0.2) is 0 Å². The molecule has 0 unspecified atom stereocenters. The Bertz CT molecular complexity index is 804. The smallest absolute Gasteiger partial charge is 0.307 e. The van der Waals surface area contributed by atoms with E-state index in [4.69, 9.17) is 4.74 Å². The summed E-state index contributed by atoms with van der Waals surface area (Å²) in [6, 6.07) is 5.53. The first kappa shape index (κ1) is 18.9. The highest BCUT2D eigenvalue weighted by Crippen LogP contribution is 2.48. The lowest BCUT2D eigenvalue weighted by Gasteiger charge is -2.24. The van der Waals surface area contributed by atoms with E-state index in [2.05, 4.69) is 10.9 Å². The average Bonchev–Trinajstić information content (AvgIpc) is 3.23. The molecule has 5 atom stereocenters. The van der Waals surface area contributed by atoms with E-state index in [0.717, 1.165) is 11.1 Å². The number of carbonyl (C=O) groups excluding carboxylic acids is 2. The van der Waals surface area contributed by atoms with E-state index in [1.807, 2.05) is 38.1 Å². The predicted molar refractivity (Wildman–Crippen MR) is 97.6 cm³/mol. The number of nitrogens with one attached hydrogen (secondary N) is 2. The molecule has 0 radical (unpaired) electrons. The highest BCUT2D eigenvalue weighted by atomic mass is 16.5. The zero-order chi connectivity index (χ0) is 19.7. The van der Waals surface area contributed by atoms with E-state index in [9.17, 15) is 19.5 Å². The molecule has 7 nitrogen and oxygen atoms in total. The molecule has 0 saturated heterocycles. The van der Waals surface area contributed by atoms with Gasteiger partial charge in [-0.1, -0.05) is 18.2 Å². The number of carbonyl (C=O) groups is 3. The van der Waals surface area contributed by atoms with Crippen LogP contribution in [0.25, 0.3) is 0 Å². The van der Waals surface area contributed by atoms with E-state index in [-0.39, 0.29) is 11.8 Å². The van der Waals surface area contributed by atoms with Crippen LogP contribution in [-0.4, -0.2) is 29.0 Å². The van der Waals surface area contributed by atoms with Crippen molar-refractivity contribution in [1.29, 1.82) is 0 Å². The van der Waals surface area contributed by atoms with Crippen molar-refractivity contribution in [2.75, 3.05) is 0 Å². The van der Waals surface area contributed by atoms with Crippen molar-refractivity contribution < 1.29 is 24.2 Å². The van der Waals surface area contributed by atoms with E-state index in [1.54, 1.807) is 13.0 Å². The van der Waals surface area contributed by atoms with Crippen LogP contribution in [0.5, 0.6) is 5.75 Å². The van der Waals surface area contributed by atoms with Crippen LogP contribution in [0.2, 0.25) is 0 Å². The Morgan fingerprint density at radius 3 is 2.37 bits per heavy atom. The molecule has 0 aliphatic heterocycles. The Balaban J connectivity index is 1.55. The Labute approximate surface area is 157 Å². The van der Waals surface area contributed by atoms with Crippen LogP contribution < -0.4 is 15.6 Å². The minimum absolute atomic E-state index is 0.0998. The number of allylic oxidation sites excluding steroid dienone is 2. The van der Waals surface area contributed by atoms with Gasteiger partial charge in [0.15, 0.2) is 6.10 Å². The maximum absolute atomic E-state index is 12.5. The first-order valence-electron chi connectivity index (χ1n) is 9.02. The van der Waals surface area contributed by atoms with Gasteiger partial charge in [-0.05, 0) is 62.3 Å². The second kappa shape index (κ2) is 7.42. The van der Waals surface area contributed by atoms with Crippen LogP contribution in [0.1, 0.15) is 24.5 Å². The van der Waals surface area contributed by atoms with Gasteiger partial charge in [0.05, 0.1) is 11.8 Å². The summed E-state index contributed by atoms with van der Waals surface area (Å²) in [5.74, 6) is -3.04. The molecule has 7 heteroatoms. The maximum atomic E-state index is 12.5. The molecule has 1 aromatic carbocycles. The van der Waals surface area contributed by atoms with E-state index in [1.165, 1.54) is 0 Å². The number of ether oxygens (including phenoxy) is 1. The Kier molecular flexibility index (Phi) is 5.21. The lowest BCUT2D eigenvalue weighted by Crippen LogP contribution is -2.51. The minimum Gasteiger partial charge on any atom is -0.481 e. The normalized spacial score (nSPS) is 26.5. The summed E-state index contributed by atoms with van der Waals surface area (Å²) in [4.78, 5) is 36.2. The lowest BCUT2D eigenvalue weighted by atomic mass is 9.82. The zero-order valence-electron chi connectivity index (χ0n) is 15.6. The predicted octanol–water partition coefficient (Wildman–Crippen LogP) is 1.74. The fourth-order valence-corrected chi connectivity index (χ4v) is 3.87. The van der Waals surface area contributed by atoms with Crippen LogP contribution in [0.15, 0.2) is 30.4 Å². The summed E-state index contributed by atoms with van der Waals surface area (Å²) in [6.45, 7) is 5.52. The van der Waals surface area contributed by atoms with Crippen LogP contribution in [0.4, 0.5) is 0 Å². The molecular weight excluding hydrogens is 348 g/mol. The third-order valence-electron chi connectivity index (χ3n) is 5.52. The van der Waals surface area contributed by atoms with Crippen LogP contribution >= 0.6 is 0 Å². The molecule has 2 bridgehead atoms. The van der Waals surface area contributed by atoms with Gasteiger partial charge in [-0.15, -0.1) is 0 Å². The number of carboxylic acids is 1. The van der Waals surface area contributed by atoms with E-state index < -0.39 is 35.7 Å². The van der Waals surface area contributed by atoms with Gasteiger partial charge in [0.2, 0.25) is 5.91 Å². The highest BCUT2D eigenvalue weighted by molar-refractivity contribution is 5.89. The molecule has 2 aliphatic carbocycles. The third-order valence-corrected chi connectivity index (χ3v) is 5.52. The van der Waals surface area contributed by atoms with Crippen molar-refractivity contribution in [2.24, 2.45) is 23.7 Å². The molecule has 0 aromatic heterocycles. The fourth-order valence-electron chi connectivity index (χ4n) is 3.87. The minimum atomic E-state index is -0.982. The standard InChI is InChI=1S/C20H24N2O5/c1-10-4-7-15(8-11(10)2)27-12(3)18(23)21-22-19(24)16-13-5-6-14(9-13)17(16)20(25)26/h4-8,12-14,16-17H,9H2,1-3H3,(H,21,23)(H,22,24)(H,25,26)/t12-,13-,14+,16+,17+/m1/s1. The van der Waals surface area contributed by atoms with E-state index in [0.29, 0.717) is 12.2 Å². The number of benzene rings is 1. The molecule has 0 spiro atoms. The van der Waals surface area contributed by atoms with Crippen LogP contribution in [0, 0.1) is 37.5 Å². The molecule has 1 saturated carbocycles. The Hall–Kier alpha value is -2.83. The zero-order valence-corrected chi connectivity index (χ0v) is 15.6. The van der Waals surface area contributed by atoms with Gasteiger partial charge in [-0.2, -0.15) is 0 Å². The number of hydrazine groups is 1. The number of rotatable bonds is 5. The van der Waals surface area contributed by atoms with Gasteiger partial charge in [-0.3, -0.25) is 25.2 Å². The molecule has 2 amide bonds. The number of fused-ring (bicyclic) bond motifs is 2. The molecule has 1 aromatic rings. The Morgan fingerprint density at radius 2 is 1.74 bits per heavy atom. The van der Waals surface area contributed by atoms with Gasteiger partial charge in [0.1, 0.15) is 5.75 Å². The molecule has 3 N–H and O–H groups in total. The number of aryl methyl sites for hydroxylation is 2. The largest absolute Gasteiger partial charge is 0.481 e. The van der Waals surface area contributed by atoms with Crippen molar-refractivity contribution in [3.05, 3.63) is 41.5 Å². The van der Waals surface area contributed by atoms with Crippen LogP contribution in [-0.2, 0) is 14.4 Å². The average molecular weight is 372 g/mol. The number of aliphatic carboxylic acids is 1. The topological polar surface area (TPSA) is 105 Å². The molecular formula is C20H24N2O5. The highest BCUT2D eigenvalue weighted by Gasteiger charge is 2.51. The SMILES string of the molecule is Cc1ccc(O[C@H](C)C(=O)NNC(=O)[C@@H]2[C@@H](C(=O)O)[C@H]3C=C[C@@H]2C3)cc1C. The van der Waals surface area contributed by atoms with Crippen molar-refractivity contribution in [2.45, 2.75) is 33.3 Å². The van der Waals surface area contributed by atoms with Crippen LogP contribution in [0.3, 0.4) is 0 Å². The number of hydrogen-bond acceptors (Lipinski definition) is 4. The van der Waals surface area contributed by atoms with E-state index >= 15 is 0 Å². The van der Waals surface area contributed by atoms with Crippen molar-refractivity contribution in [3.8, 4) is 5.75 Å². The first-order chi connectivity index (χ1) is 12.8.